The lowest BCUT2D eigenvalue weighted by Gasteiger charge is -2.26. The zero-order chi connectivity index (χ0) is 12.9. The van der Waals surface area contributed by atoms with Crippen LogP contribution in [0.1, 0.15) is 39.5 Å². The highest BCUT2D eigenvalue weighted by Gasteiger charge is 2.26. The molecule has 1 aliphatic rings. The second-order valence-corrected chi connectivity index (χ2v) is 7.83. The molecule has 0 aromatic heterocycles. The smallest absolute Gasteiger partial charge is 0.150 e. The first-order valence-corrected chi connectivity index (χ1v) is 8.30. The number of hydrogen-bond acceptors (Lipinski definition) is 3. The molecule has 100 valence electrons. The molecular formula is C13H25NO2S. The van der Waals surface area contributed by atoms with Crippen LogP contribution in [0.15, 0.2) is 12.7 Å². The van der Waals surface area contributed by atoms with Crippen molar-refractivity contribution in [3.8, 4) is 0 Å². The Morgan fingerprint density at radius 2 is 2.12 bits per heavy atom. The molecule has 1 rings (SSSR count). The molecule has 0 saturated heterocycles. The highest BCUT2D eigenvalue weighted by Crippen LogP contribution is 2.27. The van der Waals surface area contributed by atoms with Crippen LogP contribution in [-0.2, 0) is 9.84 Å². The third kappa shape index (κ3) is 5.68. The second-order valence-electron chi connectivity index (χ2n) is 5.35. The van der Waals surface area contributed by atoms with E-state index >= 15 is 0 Å². The Morgan fingerprint density at radius 1 is 1.47 bits per heavy atom. The molecule has 0 heterocycles. The zero-order valence-corrected chi connectivity index (χ0v) is 11.9. The van der Waals surface area contributed by atoms with Crippen molar-refractivity contribution >= 4 is 9.84 Å². The van der Waals surface area contributed by atoms with E-state index in [0.717, 1.165) is 19.4 Å². The summed E-state index contributed by atoms with van der Waals surface area (Å²) in [7, 11) is -2.82. The highest BCUT2D eigenvalue weighted by atomic mass is 32.2. The monoisotopic (exact) mass is 259 g/mol. The van der Waals surface area contributed by atoms with Crippen molar-refractivity contribution in [2.45, 2.75) is 45.6 Å². The normalized spacial score (nSPS) is 19.9. The number of rotatable bonds is 9. The molecule has 1 N–H and O–H groups in total. The maximum absolute atomic E-state index is 11.4. The molecule has 1 atom stereocenters. The van der Waals surface area contributed by atoms with Crippen LogP contribution in [0.2, 0.25) is 0 Å². The van der Waals surface area contributed by atoms with Gasteiger partial charge in [-0.3, -0.25) is 0 Å². The molecule has 0 amide bonds. The second kappa shape index (κ2) is 6.01. The molecule has 0 radical (unpaired) electrons. The topological polar surface area (TPSA) is 46.2 Å². The SMILES string of the molecule is C=CC(C)(CCCS(=O)(=O)CC)CNC1CC1. The predicted molar refractivity (Wildman–Crippen MR) is 72.9 cm³/mol. The van der Waals surface area contributed by atoms with Gasteiger partial charge in [0.1, 0.15) is 9.84 Å². The van der Waals surface area contributed by atoms with Crippen LogP contribution in [0.3, 0.4) is 0 Å². The van der Waals surface area contributed by atoms with Crippen LogP contribution < -0.4 is 5.32 Å². The van der Waals surface area contributed by atoms with E-state index in [0.29, 0.717) is 11.8 Å². The lowest BCUT2D eigenvalue weighted by atomic mass is 9.86. The summed E-state index contributed by atoms with van der Waals surface area (Å²) in [5.74, 6) is 0.550. The van der Waals surface area contributed by atoms with Crippen LogP contribution in [0.5, 0.6) is 0 Å². The third-order valence-electron chi connectivity index (χ3n) is 3.51. The first-order valence-electron chi connectivity index (χ1n) is 6.48. The van der Waals surface area contributed by atoms with E-state index in [1.165, 1.54) is 12.8 Å². The van der Waals surface area contributed by atoms with Crippen LogP contribution >= 0.6 is 0 Å². The van der Waals surface area contributed by atoms with Gasteiger partial charge in [0.25, 0.3) is 0 Å². The fourth-order valence-corrected chi connectivity index (χ4v) is 2.64. The van der Waals surface area contributed by atoms with Gasteiger partial charge in [-0.2, -0.15) is 0 Å². The molecule has 1 fully saturated rings. The summed E-state index contributed by atoms with van der Waals surface area (Å²) in [4.78, 5) is 0. The van der Waals surface area contributed by atoms with Crippen LogP contribution in [-0.4, -0.2) is 32.5 Å². The number of sulfone groups is 1. The average molecular weight is 259 g/mol. The molecule has 0 aromatic rings. The fraction of sp³-hybridized carbons (Fsp3) is 0.846. The fourth-order valence-electron chi connectivity index (χ4n) is 1.77. The van der Waals surface area contributed by atoms with Crippen molar-refractivity contribution in [2.24, 2.45) is 5.41 Å². The molecule has 0 aliphatic heterocycles. The van der Waals surface area contributed by atoms with Crippen molar-refractivity contribution < 1.29 is 8.42 Å². The maximum atomic E-state index is 11.4. The van der Waals surface area contributed by atoms with Gasteiger partial charge in [0.05, 0.1) is 5.75 Å². The molecule has 0 bridgehead atoms. The molecule has 4 heteroatoms. The number of nitrogens with one attached hydrogen (secondary N) is 1. The van der Waals surface area contributed by atoms with Gasteiger partial charge in [-0.05, 0) is 31.1 Å². The first kappa shape index (κ1) is 14.7. The van der Waals surface area contributed by atoms with Crippen molar-refractivity contribution in [3.05, 3.63) is 12.7 Å². The van der Waals surface area contributed by atoms with E-state index < -0.39 is 9.84 Å². The van der Waals surface area contributed by atoms with Crippen LogP contribution in [0.25, 0.3) is 0 Å². The van der Waals surface area contributed by atoms with Gasteiger partial charge in [0, 0.05) is 18.3 Å². The Morgan fingerprint density at radius 3 is 2.59 bits per heavy atom. The minimum Gasteiger partial charge on any atom is -0.313 e. The van der Waals surface area contributed by atoms with Gasteiger partial charge < -0.3 is 5.32 Å². The Hall–Kier alpha value is -0.350. The van der Waals surface area contributed by atoms with Gasteiger partial charge >= 0.3 is 0 Å². The van der Waals surface area contributed by atoms with Crippen LogP contribution in [0, 0.1) is 5.41 Å². The lowest BCUT2D eigenvalue weighted by molar-refractivity contribution is 0.359. The summed E-state index contributed by atoms with van der Waals surface area (Å²) < 4.78 is 22.8. The largest absolute Gasteiger partial charge is 0.313 e. The average Bonchev–Trinajstić information content (AvgIpc) is 3.10. The first-order chi connectivity index (χ1) is 7.91. The molecule has 1 unspecified atom stereocenters. The van der Waals surface area contributed by atoms with Gasteiger partial charge in [-0.15, -0.1) is 6.58 Å². The standard InChI is InChI=1S/C13H25NO2S/c1-4-13(3,11-14-12-7-8-12)9-6-10-17(15,16)5-2/h4,12,14H,1,5-11H2,2-3H3. The summed E-state index contributed by atoms with van der Waals surface area (Å²) in [5, 5.41) is 3.49. The van der Waals surface area contributed by atoms with Crippen molar-refractivity contribution in [3.63, 3.8) is 0 Å². The van der Waals surface area contributed by atoms with E-state index in [2.05, 4.69) is 18.8 Å². The molecule has 17 heavy (non-hydrogen) atoms. The third-order valence-corrected chi connectivity index (χ3v) is 5.30. The lowest BCUT2D eigenvalue weighted by Crippen LogP contribution is -2.32. The van der Waals surface area contributed by atoms with Gasteiger partial charge in [-0.1, -0.05) is 19.9 Å². The molecular weight excluding hydrogens is 234 g/mol. The molecule has 1 aliphatic carbocycles. The summed E-state index contributed by atoms with van der Waals surface area (Å²) in [6.45, 7) is 8.64. The zero-order valence-electron chi connectivity index (χ0n) is 11.0. The maximum Gasteiger partial charge on any atom is 0.150 e. The van der Waals surface area contributed by atoms with Crippen molar-refractivity contribution in [2.75, 3.05) is 18.1 Å². The van der Waals surface area contributed by atoms with Gasteiger partial charge in [0.2, 0.25) is 0 Å². The van der Waals surface area contributed by atoms with Gasteiger partial charge in [0.15, 0.2) is 0 Å². The Labute approximate surface area is 106 Å². The van der Waals surface area contributed by atoms with Gasteiger partial charge in [-0.25, -0.2) is 8.42 Å². The van der Waals surface area contributed by atoms with E-state index in [1.54, 1.807) is 6.92 Å². The summed E-state index contributed by atoms with van der Waals surface area (Å²) in [6.07, 6.45) is 6.12. The molecule has 3 nitrogen and oxygen atoms in total. The predicted octanol–water partition coefficient (Wildman–Crippen LogP) is 2.15. The van der Waals surface area contributed by atoms with Crippen LogP contribution in [0.4, 0.5) is 0 Å². The van der Waals surface area contributed by atoms with Crippen molar-refractivity contribution in [1.29, 1.82) is 0 Å². The highest BCUT2D eigenvalue weighted by molar-refractivity contribution is 7.91. The Balaban J connectivity index is 2.31. The summed E-state index contributed by atoms with van der Waals surface area (Å²) in [6, 6.07) is 0.689. The Kier molecular flexibility index (Phi) is 5.20. The minimum absolute atomic E-state index is 0.0197. The van der Waals surface area contributed by atoms with E-state index in [4.69, 9.17) is 0 Å². The minimum atomic E-state index is -2.82. The summed E-state index contributed by atoms with van der Waals surface area (Å²) in [5.41, 5.74) is 0.0197. The molecule has 1 saturated carbocycles. The van der Waals surface area contributed by atoms with E-state index in [-0.39, 0.29) is 11.2 Å². The van der Waals surface area contributed by atoms with E-state index in [9.17, 15) is 8.42 Å². The quantitative estimate of drug-likeness (QED) is 0.645. The number of hydrogen-bond donors (Lipinski definition) is 1. The molecule has 0 spiro atoms. The molecule has 0 aromatic carbocycles. The summed E-state index contributed by atoms with van der Waals surface area (Å²) >= 11 is 0. The van der Waals surface area contributed by atoms with Crippen molar-refractivity contribution in [1.82, 2.24) is 5.32 Å². The Bertz CT molecular complexity index is 346. The van der Waals surface area contributed by atoms with E-state index in [1.807, 2.05) is 6.08 Å².